The summed E-state index contributed by atoms with van der Waals surface area (Å²) in [6.45, 7) is 15.1. The van der Waals surface area contributed by atoms with E-state index in [1.54, 1.807) is 6.92 Å². The number of nitrogens with one attached hydrogen (secondary N) is 1. The Bertz CT molecular complexity index is 762. The van der Waals surface area contributed by atoms with Gasteiger partial charge in [0.1, 0.15) is 5.78 Å². The zero-order chi connectivity index (χ0) is 25.8. The molecule has 0 radical (unpaired) electrons. The highest BCUT2D eigenvalue weighted by atomic mass is 16.1. The van der Waals surface area contributed by atoms with Crippen molar-refractivity contribution in [3.63, 3.8) is 0 Å². The maximum atomic E-state index is 11.3. The molecule has 3 heteroatoms. The zero-order valence-corrected chi connectivity index (χ0v) is 23.2. The summed E-state index contributed by atoms with van der Waals surface area (Å²) < 4.78 is 0. The lowest BCUT2D eigenvalue weighted by molar-refractivity contribution is -0.120. The Morgan fingerprint density at radius 1 is 0.529 bits per heavy atom. The molecule has 0 aromatic carbocycles. The molecule has 0 aliphatic rings. The van der Waals surface area contributed by atoms with Crippen LogP contribution < -0.4 is 5.32 Å². The van der Waals surface area contributed by atoms with Crippen LogP contribution in [0.2, 0.25) is 0 Å². The monoisotopic (exact) mass is 469 g/mol. The van der Waals surface area contributed by atoms with Crippen LogP contribution in [0.3, 0.4) is 0 Å². The first-order valence-corrected chi connectivity index (χ1v) is 13.2. The smallest absolute Gasteiger partial charge is 0.219 e. The molecular formula is C31H51NO2. The van der Waals surface area contributed by atoms with Crippen molar-refractivity contribution in [2.45, 2.75) is 119 Å². The molecule has 0 rings (SSSR count). The van der Waals surface area contributed by atoms with E-state index in [1.807, 2.05) is 6.92 Å². The van der Waals surface area contributed by atoms with Crippen LogP contribution >= 0.6 is 0 Å². The minimum absolute atomic E-state index is 0.111. The molecule has 0 aromatic heterocycles. The quantitative estimate of drug-likeness (QED) is 0.204. The Morgan fingerprint density at radius 3 is 1.18 bits per heavy atom. The molecule has 1 N–H and O–H groups in total. The van der Waals surface area contributed by atoms with Gasteiger partial charge in [0, 0.05) is 19.4 Å². The molecule has 1 amide bonds. The zero-order valence-electron chi connectivity index (χ0n) is 23.2. The van der Waals surface area contributed by atoms with Gasteiger partial charge in [-0.3, -0.25) is 4.79 Å². The summed E-state index contributed by atoms with van der Waals surface area (Å²) in [5.41, 5.74) is 7.00. The normalized spacial score (nSPS) is 13.9. The molecule has 3 nitrogen and oxygen atoms in total. The van der Waals surface area contributed by atoms with E-state index < -0.39 is 0 Å². The second-order valence-corrected chi connectivity index (χ2v) is 9.78. The lowest BCUT2D eigenvalue weighted by Crippen LogP contribution is -2.23. The predicted molar refractivity (Wildman–Crippen MR) is 149 cm³/mol. The summed E-state index contributed by atoms with van der Waals surface area (Å²) >= 11 is 0. The van der Waals surface area contributed by atoms with Crippen molar-refractivity contribution < 1.29 is 9.59 Å². The molecular weight excluding hydrogens is 418 g/mol. The molecule has 0 saturated heterocycles. The van der Waals surface area contributed by atoms with Gasteiger partial charge in [-0.2, -0.15) is 0 Å². The van der Waals surface area contributed by atoms with Gasteiger partial charge in [0.15, 0.2) is 0 Å². The molecule has 0 aliphatic carbocycles. The van der Waals surface area contributed by atoms with Gasteiger partial charge in [0.05, 0.1) is 0 Å². The van der Waals surface area contributed by atoms with Crippen molar-refractivity contribution in [3.05, 3.63) is 58.2 Å². The van der Waals surface area contributed by atoms with Crippen molar-refractivity contribution in [1.82, 2.24) is 5.32 Å². The fourth-order valence-corrected chi connectivity index (χ4v) is 3.55. The van der Waals surface area contributed by atoms with Gasteiger partial charge in [0.2, 0.25) is 5.91 Å². The number of hydrogen-bond acceptors (Lipinski definition) is 2. The largest absolute Gasteiger partial charge is 0.352 e. The van der Waals surface area contributed by atoms with Gasteiger partial charge in [-0.1, -0.05) is 65.2 Å². The van der Waals surface area contributed by atoms with Crippen LogP contribution in [0.4, 0.5) is 0 Å². The SMILES string of the molecule is CCC(=O)NCC(C)=CCCC(C)=CCCC(C)=CCCC(C)=CCCC(C)=CCCC(C)=O. The van der Waals surface area contributed by atoms with Gasteiger partial charge in [0.25, 0.3) is 0 Å². The van der Waals surface area contributed by atoms with Crippen LogP contribution in [0, 0.1) is 0 Å². The number of amides is 1. The van der Waals surface area contributed by atoms with E-state index >= 15 is 0 Å². The maximum absolute atomic E-state index is 11.3. The summed E-state index contributed by atoms with van der Waals surface area (Å²) in [6.07, 6.45) is 22.4. The fraction of sp³-hybridized carbons (Fsp3) is 0.613. The van der Waals surface area contributed by atoms with Gasteiger partial charge < -0.3 is 10.1 Å². The third kappa shape index (κ3) is 20.4. The molecule has 0 unspecified atom stereocenters. The fourth-order valence-electron chi connectivity index (χ4n) is 3.55. The van der Waals surface area contributed by atoms with Crippen molar-refractivity contribution in [3.8, 4) is 0 Å². The van der Waals surface area contributed by atoms with E-state index in [2.05, 4.69) is 70.3 Å². The summed E-state index contributed by atoms with van der Waals surface area (Å²) in [5, 5.41) is 2.92. The van der Waals surface area contributed by atoms with Crippen molar-refractivity contribution in [2.24, 2.45) is 0 Å². The Kier molecular flexibility index (Phi) is 18.9. The summed E-state index contributed by atoms with van der Waals surface area (Å²) in [6, 6.07) is 0. The summed E-state index contributed by atoms with van der Waals surface area (Å²) in [7, 11) is 0. The van der Waals surface area contributed by atoms with E-state index in [9.17, 15) is 9.59 Å². The van der Waals surface area contributed by atoms with E-state index in [0.717, 1.165) is 57.8 Å². The third-order valence-electron chi connectivity index (χ3n) is 6.00. The first-order valence-electron chi connectivity index (χ1n) is 13.2. The van der Waals surface area contributed by atoms with Gasteiger partial charge >= 0.3 is 0 Å². The number of carbonyl (C=O) groups excluding carboxylic acids is 2. The third-order valence-corrected chi connectivity index (χ3v) is 6.00. The van der Waals surface area contributed by atoms with Gasteiger partial charge in [-0.25, -0.2) is 0 Å². The molecule has 0 aliphatic heterocycles. The van der Waals surface area contributed by atoms with Crippen LogP contribution in [-0.2, 0) is 9.59 Å². The van der Waals surface area contributed by atoms with E-state index in [4.69, 9.17) is 0 Å². The van der Waals surface area contributed by atoms with Crippen LogP contribution in [0.1, 0.15) is 119 Å². The minimum Gasteiger partial charge on any atom is -0.352 e. The summed E-state index contributed by atoms with van der Waals surface area (Å²) in [5.74, 6) is 0.378. The second kappa shape index (κ2) is 20.2. The molecule has 34 heavy (non-hydrogen) atoms. The van der Waals surface area contributed by atoms with Crippen LogP contribution in [-0.4, -0.2) is 18.2 Å². The molecule has 0 aromatic rings. The highest BCUT2D eigenvalue weighted by Gasteiger charge is 1.97. The highest BCUT2D eigenvalue weighted by Crippen LogP contribution is 2.15. The Hall–Kier alpha value is -2.16. The number of rotatable bonds is 18. The van der Waals surface area contributed by atoms with Crippen molar-refractivity contribution >= 4 is 11.7 Å². The number of hydrogen-bond donors (Lipinski definition) is 1. The lowest BCUT2D eigenvalue weighted by atomic mass is 10.0. The van der Waals surface area contributed by atoms with Crippen LogP contribution in [0.5, 0.6) is 0 Å². The first-order chi connectivity index (χ1) is 16.1. The minimum atomic E-state index is 0.111. The van der Waals surface area contributed by atoms with Gasteiger partial charge in [-0.05, 0) is 99.3 Å². The molecule has 192 valence electrons. The van der Waals surface area contributed by atoms with E-state index in [-0.39, 0.29) is 11.7 Å². The molecule has 0 fully saturated rings. The number of carbonyl (C=O) groups is 2. The first kappa shape index (κ1) is 31.8. The average Bonchev–Trinajstić information content (AvgIpc) is 2.77. The summed E-state index contributed by atoms with van der Waals surface area (Å²) in [4.78, 5) is 22.3. The number of ketones is 1. The Morgan fingerprint density at radius 2 is 0.853 bits per heavy atom. The second-order valence-electron chi connectivity index (χ2n) is 9.78. The average molecular weight is 470 g/mol. The molecule has 0 heterocycles. The van der Waals surface area contributed by atoms with Gasteiger partial charge in [-0.15, -0.1) is 0 Å². The lowest BCUT2D eigenvalue weighted by Gasteiger charge is -2.05. The number of Topliss-reactive ketones (excluding diaryl/α,β-unsaturated/α-hetero) is 1. The van der Waals surface area contributed by atoms with E-state index in [1.165, 1.54) is 27.9 Å². The van der Waals surface area contributed by atoms with Crippen LogP contribution in [0.15, 0.2) is 58.2 Å². The van der Waals surface area contributed by atoms with E-state index in [0.29, 0.717) is 19.4 Å². The molecule has 0 bridgehead atoms. The topological polar surface area (TPSA) is 46.2 Å². The van der Waals surface area contributed by atoms with Crippen molar-refractivity contribution in [2.75, 3.05) is 6.54 Å². The Labute approximate surface area is 210 Å². The van der Waals surface area contributed by atoms with Crippen molar-refractivity contribution in [1.29, 1.82) is 0 Å². The highest BCUT2D eigenvalue weighted by molar-refractivity contribution is 5.75. The molecule has 0 atom stereocenters. The van der Waals surface area contributed by atoms with Crippen LogP contribution in [0.25, 0.3) is 0 Å². The Balaban J connectivity index is 4.12. The molecule has 0 saturated carbocycles. The standard InChI is InChI=1S/C31H51NO2/c1-8-31(34)32-24-29(6)22-12-20-27(4)18-10-16-25(2)14-9-15-26(3)17-11-19-28(5)21-13-23-30(7)33/h14,17-18,21-22H,8-13,15-16,19-20,23-24H2,1-7H3,(H,32,34). The number of allylic oxidation sites excluding steroid dienone is 9. The predicted octanol–water partition coefficient (Wildman–Crippen LogP) is 8.73. The molecule has 0 spiro atoms. The maximum Gasteiger partial charge on any atom is 0.219 e.